The van der Waals surface area contributed by atoms with Crippen molar-refractivity contribution in [2.75, 3.05) is 13.2 Å². The summed E-state index contributed by atoms with van der Waals surface area (Å²) < 4.78 is 11.9. The highest BCUT2D eigenvalue weighted by molar-refractivity contribution is 14.1. The maximum Gasteiger partial charge on any atom is 0.168 e. The lowest BCUT2D eigenvalue weighted by Gasteiger charge is -2.32. The van der Waals surface area contributed by atoms with Crippen molar-refractivity contribution < 1.29 is 14.6 Å². The second-order valence-electron chi connectivity index (χ2n) is 4.14. The lowest BCUT2D eigenvalue weighted by atomic mass is 9.94. The zero-order chi connectivity index (χ0) is 10.0. The number of hydrogen-bond donors (Lipinski definition) is 1. The van der Waals surface area contributed by atoms with Crippen LogP contribution in [0.15, 0.2) is 0 Å². The molecule has 0 aromatic carbocycles. The van der Waals surface area contributed by atoms with Crippen LogP contribution >= 0.6 is 22.6 Å². The first-order valence-corrected chi connectivity index (χ1v) is 6.57. The monoisotopic (exact) mass is 312 g/mol. The van der Waals surface area contributed by atoms with Gasteiger partial charge >= 0.3 is 0 Å². The molecule has 0 amide bonds. The first kappa shape index (κ1) is 11.1. The molecule has 1 aliphatic carbocycles. The van der Waals surface area contributed by atoms with E-state index in [1.807, 2.05) is 0 Å². The molecular weight excluding hydrogens is 295 g/mol. The van der Waals surface area contributed by atoms with Gasteiger partial charge in [0.2, 0.25) is 0 Å². The van der Waals surface area contributed by atoms with Crippen LogP contribution in [-0.4, -0.2) is 34.1 Å². The van der Waals surface area contributed by atoms with Crippen molar-refractivity contribution in [2.24, 2.45) is 0 Å². The van der Waals surface area contributed by atoms with Crippen LogP contribution < -0.4 is 0 Å². The molecule has 14 heavy (non-hydrogen) atoms. The van der Waals surface area contributed by atoms with Crippen molar-refractivity contribution in [2.45, 2.75) is 47.9 Å². The van der Waals surface area contributed by atoms with E-state index in [0.29, 0.717) is 6.61 Å². The topological polar surface area (TPSA) is 38.7 Å². The smallest absolute Gasteiger partial charge is 0.168 e. The number of alkyl halides is 1. The standard InChI is InChI=1S/C10H17IO3/c11-8(6-12)9-7-13-10(14-9)4-2-1-3-5-10/h8-9,12H,1-7H2/t8?,9-/m1/s1. The minimum absolute atomic E-state index is 0.0821. The van der Waals surface area contributed by atoms with Crippen LogP contribution in [0.25, 0.3) is 0 Å². The zero-order valence-electron chi connectivity index (χ0n) is 8.25. The van der Waals surface area contributed by atoms with Gasteiger partial charge in [-0.3, -0.25) is 0 Å². The Labute approximate surface area is 98.3 Å². The quantitative estimate of drug-likeness (QED) is 0.625. The van der Waals surface area contributed by atoms with Gasteiger partial charge in [0.05, 0.1) is 23.2 Å². The van der Waals surface area contributed by atoms with Crippen molar-refractivity contribution in [3.63, 3.8) is 0 Å². The van der Waals surface area contributed by atoms with Gasteiger partial charge in [0.1, 0.15) is 0 Å². The molecule has 2 rings (SSSR count). The Kier molecular flexibility index (Phi) is 3.68. The maximum atomic E-state index is 9.04. The lowest BCUT2D eigenvalue weighted by molar-refractivity contribution is -0.187. The predicted molar refractivity (Wildman–Crippen MR) is 61.5 cm³/mol. The van der Waals surface area contributed by atoms with E-state index < -0.39 is 0 Å². The molecule has 1 saturated carbocycles. The van der Waals surface area contributed by atoms with Gasteiger partial charge in [0.15, 0.2) is 5.79 Å². The van der Waals surface area contributed by atoms with Crippen LogP contribution in [0.5, 0.6) is 0 Å². The molecule has 1 N–H and O–H groups in total. The normalized spacial score (nSPS) is 33.4. The number of halogens is 1. The summed E-state index contributed by atoms with van der Waals surface area (Å²) in [5.74, 6) is -0.290. The van der Waals surface area contributed by atoms with E-state index in [9.17, 15) is 0 Å². The fraction of sp³-hybridized carbons (Fsp3) is 1.00. The van der Waals surface area contributed by atoms with Gasteiger partial charge in [-0.2, -0.15) is 0 Å². The van der Waals surface area contributed by atoms with Crippen molar-refractivity contribution in [1.82, 2.24) is 0 Å². The minimum Gasteiger partial charge on any atom is -0.395 e. The van der Waals surface area contributed by atoms with Gasteiger partial charge in [0, 0.05) is 12.8 Å². The second-order valence-corrected chi connectivity index (χ2v) is 5.74. The van der Waals surface area contributed by atoms with E-state index in [1.165, 1.54) is 19.3 Å². The molecule has 1 saturated heterocycles. The molecule has 0 aromatic rings. The van der Waals surface area contributed by atoms with Crippen LogP contribution in [0.1, 0.15) is 32.1 Å². The van der Waals surface area contributed by atoms with E-state index in [2.05, 4.69) is 22.6 Å². The van der Waals surface area contributed by atoms with Gasteiger partial charge in [-0.1, -0.05) is 29.0 Å². The van der Waals surface area contributed by atoms with E-state index in [-0.39, 0.29) is 22.4 Å². The Balaban J connectivity index is 1.92. The number of aliphatic hydroxyl groups is 1. The molecule has 2 atom stereocenters. The summed E-state index contributed by atoms with van der Waals surface area (Å²) in [4.78, 5) is 0. The molecule has 2 aliphatic rings. The molecule has 1 aliphatic heterocycles. The zero-order valence-corrected chi connectivity index (χ0v) is 10.4. The molecule has 2 fully saturated rings. The third-order valence-corrected chi connectivity index (χ3v) is 4.27. The Morgan fingerprint density at radius 1 is 1.36 bits per heavy atom. The summed E-state index contributed by atoms with van der Waals surface area (Å²) in [5, 5.41) is 9.04. The van der Waals surface area contributed by atoms with E-state index in [4.69, 9.17) is 14.6 Å². The lowest BCUT2D eigenvalue weighted by Crippen LogP contribution is -2.35. The largest absolute Gasteiger partial charge is 0.395 e. The van der Waals surface area contributed by atoms with Crippen LogP contribution in [0.4, 0.5) is 0 Å². The van der Waals surface area contributed by atoms with Gasteiger partial charge in [0.25, 0.3) is 0 Å². The van der Waals surface area contributed by atoms with Crippen molar-refractivity contribution >= 4 is 22.6 Å². The van der Waals surface area contributed by atoms with Crippen LogP contribution in [0, 0.1) is 0 Å². The maximum absolute atomic E-state index is 9.04. The third-order valence-electron chi connectivity index (χ3n) is 3.07. The SMILES string of the molecule is OCC(I)[C@H]1COC2(CCCCC2)O1. The Morgan fingerprint density at radius 3 is 2.71 bits per heavy atom. The Bertz CT molecular complexity index is 192. The number of aliphatic hydroxyl groups excluding tert-OH is 1. The van der Waals surface area contributed by atoms with E-state index >= 15 is 0 Å². The molecule has 1 heterocycles. The summed E-state index contributed by atoms with van der Waals surface area (Å²) in [5.41, 5.74) is 0. The molecule has 0 radical (unpaired) electrons. The summed E-state index contributed by atoms with van der Waals surface area (Å²) in [6.45, 7) is 0.818. The molecule has 4 heteroatoms. The van der Waals surface area contributed by atoms with Crippen LogP contribution in [-0.2, 0) is 9.47 Å². The van der Waals surface area contributed by atoms with Crippen molar-refractivity contribution in [3.8, 4) is 0 Å². The van der Waals surface area contributed by atoms with Crippen LogP contribution in [0.3, 0.4) is 0 Å². The van der Waals surface area contributed by atoms with Crippen molar-refractivity contribution in [3.05, 3.63) is 0 Å². The highest BCUT2D eigenvalue weighted by Gasteiger charge is 2.43. The molecular formula is C10H17IO3. The van der Waals surface area contributed by atoms with Gasteiger partial charge < -0.3 is 14.6 Å². The second kappa shape index (κ2) is 4.63. The van der Waals surface area contributed by atoms with E-state index in [0.717, 1.165) is 12.8 Å². The fourth-order valence-corrected chi connectivity index (χ4v) is 2.58. The summed E-state index contributed by atoms with van der Waals surface area (Å²) >= 11 is 2.23. The highest BCUT2D eigenvalue weighted by atomic mass is 127. The summed E-state index contributed by atoms with van der Waals surface area (Å²) in [7, 11) is 0. The molecule has 82 valence electrons. The van der Waals surface area contributed by atoms with Gasteiger partial charge in [-0.15, -0.1) is 0 Å². The number of rotatable bonds is 2. The number of ether oxygens (including phenoxy) is 2. The highest BCUT2D eigenvalue weighted by Crippen LogP contribution is 2.39. The Hall–Kier alpha value is 0.610. The average molecular weight is 312 g/mol. The first-order valence-electron chi connectivity index (χ1n) is 5.32. The summed E-state index contributed by atoms with van der Waals surface area (Å²) in [6, 6.07) is 0. The summed E-state index contributed by atoms with van der Waals surface area (Å²) in [6.07, 6.45) is 5.84. The molecule has 1 unspecified atom stereocenters. The molecule has 0 bridgehead atoms. The number of hydrogen-bond acceptors (Lipinski definition) is 3. The van der Waals surface area contributed by atoms with Crippen molar-refractivity contribution in [1.29, 1.82) is 0 Å². The van der Waals surface area contributed by atoms with Gasteiger partial charge in [-0.25, -0.2) is 0 Å². The van der Waals surface area contributed by atoms with E-state index in [1.54, 1.807) is 0 Å². The molecule has 1 spiro atoms. The average Bonchev–Trinajstić information content (AvgIpc) is 2.62. The molecule has 3 nitrogen and oxygen atoms in total. The molecule has 0 aromatic heterocycles. The van der Waals surface area contributed by atoms with Crippen LogP contribution in [0.2, 0.25) is 0 Å². The van der Waals surface area contributed by atoms with Gasteiger partial charge in [-0.05, 0) is 12.8 Å². The predicted octanol–water partition coefficient (Wildman–Crippen LogP) is 1.86. The first-order chi connectivity index (χ1) is 6.76. The third kappa shape index (κ3) is 2.23. The minimum atomic E-state index is -0.290. The Morgan fingerprint density at radius 2 is 2.07 bits per heavy atom. The fourth-order valence-electron chi connectivity index (χ4n) is 2.23.